The Balaban J connectivity index is 1.48. The minimum Gasteiger partial charge on any atom is -0.369 e. The molecule has 2 aromatic rings. The molecular formula is C26H30FN5O. The number of imidazole rings is 1. The van der Waals surface area contributed by atoms with Gasteiger partial charge in [0.05, 0.1) is 11.4 Å². The molecule has 0 aromatic carbocycles. The predicted octanol–water partition coefficient (Wildman–Crippen LogP) is 3.97. The number of fused-ring (bicyclic) bond motifs is 2. The molecule has 0 aliphatic carbocycles. The Morgan fingerprint density at radius 3 is 2.76 bits per heavy atom. The van der Waals surface area contributed by atoms with Gasteiger partial charge in [-0.15, -0.1) is 0 Å². The first-order valence-electron chi connectivity index (χ1n) is 11.6. The predicted molar refractivity (Wildman–Crippen MR) is 127 cm³/mol. The van der Waals surface area contributed by atoms with E-state index < -0.39 is 0 Å². The lowest BCUT2D eigenvalue weighted by Gasteiger charge is -2.31. The van der Waals surface area contributed by atoms with E-state index in [1.165, 1.54) is 6.07 Å². The smallest absolute Gasteiger partial charge is 0.255 e. The van der Waals surface area contributed by atoms with Crippen LogP contribution in [0.4, 0.5) is 4.39 Å². The number of aryl methyl sites for hydroxylation is 1. The molecule has 0 N–H and O–H groups in total. The van der Waals surface area contributed by atoms with E-state index in [0.717, 1.165) is 61.7 Å². The number of pyridine rings is 1. The summed E-state index contributed by atoms with van der Waals surface area (Å²) in [5.74, 6) is -0.419. The number of likely N-dealkylation sites (N-methyl/N-ethyl adjacent to an activating group) is 1. The molecule has 3 aliphatic heterocycles. The number of carbonyl (C=O) groups is 1. The number of hydrogen-bond donors (Lipinski definition) is 0. The van der Waals surface area contributed by atoms with Crippen LogP contribution in [0, 0.1) is 18.7 Å². The molecule has 0 spiro atoms. The molecule has 0 radical (unpaired) electrons. The van der Waals surface area contributed by atoms with Crippen molar-refractivity contribution in [1.29, 1.82) is 0 Å². The van der Waals surface area contributed by atoms with Crippen molar-refractivity contribution in [3.8, 4) is 0 Å². The number of hydrogen-bond acceptors (Lipinski definition) is 4. The van der Waals surface area contributed by atoms with Crippen molar-refractivity contribution in [2.75, 3.05) is 33.2 Å². The Morgan fingerprint density at radius 1 is 1.09 bits per heavy atom. The summed E-state index contributed by atoms with van der Waals surface area (Å²) in [6.45, 7) is 7.93. The van der Waals surface area contributed by atoms with Gasteiger partial charge in [-0.05, 0) is 68.6 Å². The molecule has 1 amide bonds. The van der Waals surface area contributed by atoms with Gasteiger partial charge in [0.15, 0.2) is 11.5 Å². The van der Waals surface area contributed by atoms with Crippen LogP contribution in [0.25, 0.3) is 11.2 Å². The molecular weight excluding hydrogens is 417 g/mol. The summed E-state index contributed by atoms with van der Waals surface area (Å²) in [6.07, 6.45) is 15.4. The van der Waals surface area contributed by atoms with Gasteiger partial charge in [-0.2, -0.15) is 0 Å². The molecule has 1 saturated heterocycles. The highest BCUT2D eigenvalue weighted by Gasteiger charge is 2.25. The fourth-order valence-electron chi connectivity index (χ4n) is 4.82. The third-order valence-corrected chi connectivity index (χ3v) is 6.74. The maximum absolute atomic E-state index is 14.8. The first kappa shape index (κ1) is 21.6. The first-order valence-corrected chi connectivity index (χ1v) is 11.6. The normalized spacial score (nSPS) is 22.4. The lowest BCUT2D eigenvalue weighted by molar-refractivity contribution is -0.122. The molecule has 6 nitrogen and oxygen atoms in total. The van der Waals surface area contributed by atoms with Gasteiger partial charge in [0.25, 0.3) is 5.91 Å². The highest BCUT2D eigenvalue weighted by Crippen LogP contribution is 2.32. The fraction of sp³-hybridized carbons (Fsp3) is 0.385. The van der Waals surface area contributed by atoms with Crippen molar-refractivity contribution in [3.05, 3.63) is 77.4 Å². The van der Waals surface area contributed by atoms with Gasteiger partial charge in [-0.3, -0.25) is 9.69 Å². The highest BCUT2D eigenvalue weighted by molar-refractivity contribution is 5.98. The molecule has 33 heavy (non-hydrogen) atoms. The van der Waals surface area contributed by atoms with E-state index in [-0.39, 0.29) is 17.6 Å². The van der Waals surface area contributed by atoms with Crippen LogP contribution in [-0.2, 0) is 4.79 Å². The summed E-state index contributed by atoms with van der Waals surface area (Å²) in [5, 5.41) is 0. The van der Waals surface area contributed by atoms with Crippen molar-refractivity contribution >= 4 is 17.1 Å². The molecule has 1 atom stereocenters. The third kappa shape index (κ3) is 4.25. The minimum absolute atomic E-state index is 0.0741. The van der Waals surface area contributed by atoms with Crippen molar-refractivity contribution in [1.82, 2.24) is 24.1 Å². The maximum atomic E-state index is 14.8. The van der Waals surface area contributed by atoms with Crippen molar-refractivity contribution < 1.29 is 9.18 Å². The zero-order valence-corrected chi connectivity index (χ0v) is 19.5. The molecule has 3 aliphatic rings. The Bertz CT molecular complexity index is 1220. The Morgan fingerprint density at radius 2 is 1.91 bits per heavy atom. The lowest BCUT2D eigenvalue weighted by Crippen LogP contribution is -2.33. The van der Waals surface area contributed by atoms with Gasteiger partial charge < -0.3 is 14.2 Å². The van der Waals surface area contributed by atoms with Crippen LogP contribution in [0.15, 0.2) is 60.4 Å². The van der Waals surface area contributed by atoms with E-state index >= 15 is 0 Å². The second-order valence-electron chi connectivity index (χ2n) is 9.29. The summed E-state index contributed by atoms with van der Waals surface area (Å²) < 4.78 is 16.5. The van der Waals surface area contributed by atoms with Crippen LogP contribution in [0.1, 0.15) is 31.0 Å². The molecule has 2 aromatic heterocycles. The number of halogens is 1. The number of aromatic nitrogens is 2. The Labute approximate surface area is 194 Å². The van der Waals surface area contributed by atoms with Crippen LogP contribution in [0.3, 0.4) is 0 Å². The summed E-state index contributed by atoms with van der Waals surface area (Å²) >= 11 is 0. The van der Waals surface area contributed by atoms with E-state index in [1.54, 1.807) is 21.6 Å². The average Bonchev–Trinajstić information content (AvgIpc) is 3.04. The largest absolute Gasteiger partial charge is 0.369 e. The lowest BCUT2D eigenvalue weighted by atomic mass is 9.90. The average molecular weight is 448 g/mol. The second kappa shape index (κ2) is 8.63. The van der Waals surface area contributed by atoms with Crippen LogP contribution in [-0.4, -0.2) is 63.2 Å². The van der Waals surface area contributed by atoms with Crippen molar-refractivity contribution in [2.24, 2.45) is 5.92 Å². The van der Waals surface area contributed by atoms with Gasteiger partial charge in [-0.25, -0.2) is 9.37 Å². The molecule has 5 rings (SSSR count). The van der Waals surface area contributed by atoms with E-state index in [0.29, 0.717) is 11.2 Å². The molecule has 1 fully saturated rings. The van der Waals surface area contributed by atoms with E-state index in [2.05, 4.69) is 40.9 Å². The number of nitrogens with zero attached hydrogens (tertiary/aromatic N) is 5. The third-order valence-electron chi connectivity index (χ3n) is 6.74. The SMILES string of the molecule is Cc1cn2cc(C3=CC(=O)N4C=C(N5CCCN(C)CC5)C=CC4=CCC3C)cc(F)c2n1. The van der Waals surface area contributed by atoms with Gasteiger partial charge in [0.1, 0.15) is 0 Å². The van der Waals surface area contributed by atoms with E-state index in [1.807, 2.05) is 25.4 Å². The quantitative estimate of drug-likeness (QED) is 0.699. The summed E-state index contributed by atoms with van der Waals surface area (Å²) in [4.78, 5) is 24.1. The topological polar surface area (TPSA) is 44.1 Å². The van der Waals surface area contributed by atoms with Crippen LogP contribution in [0.2, 0.25) is 0 Å². The zero-order valence-electron chi connectivity index (χ0n) is 19.5. The maximum Gasteiger partial charge on any atom is 0.255 e. The van der Waals surface area contributed by atoms with Crippen LogP contribution >= 0.6 is 0 Å². The molecule has 172 valence electrons. The molecule has 0 bridgehead atoms. The molecule has 1 unspecified atom stereocenters. The van der Waals surface area contributed by atoms with E-state index in [9.17, 15) is 9.18 Å². The summed E-state index contributed by atoms with van der Waals surface area (Å²) in [7, 11) is 2.15. The first-order chi connectivity index (χ1) is 15.9. The Hall–Kier alpha value is -3.19. The number of carbonyl (C=O) groups excluding carboxylic acids is 1. The van der Waals surface area contributed by atoms with Gasteiger partial charge in [0.2, 0.25) is 0 Å². The summed E-state index contributed by atoms with van der Waals surface area (Å²) in [6, 6.07) is 1.49. The number of rotatable bonds is 2. The number of allylic oxidation sites excluding steroid dienone is 4. The molecule has 7 heteroatoms. The highest BCUT2D eigenvalue weighted by atomic mass is 19.1. The Kier molecular flexibility index (Phi) is 5.66. The monoisotopic (exact) mass is 447 g/mol. The van der Waals surface area contributed by atoms with Crippen molar-refractivity contribution in [3.63, 3.8) is 0 Å². The van der Waals surface area contributed by atoms with Gasteiger partial charge in [0, 0.05) is 50.0 Å². The van der Waals surface area contributed by atoms with E-state index in [4.69, 9.17) is 0 Å². The molecule has 0 saturated carbocycles. The molecule has 5 heterocycles. The van der Waals surface area contributed by atoms with Crippen LogP contribution in [0.5, 0.6) is 0 Å². The fourth-order valence-corrected chi connectivity index (χ4v) is 4.82. The summed E-state index contributed by atoms with van der Waals surface area (Å²) in [5.41, 5.74) is 4.56. The van der Waals surface area contributed by atoms with Crippen LogP contribution < -0.4 is 0 Å². The standard InChI is InChI=1S/C26H30FN5O/c1-18-5-6-21-7-8-22(30-10-4-9-29(3)11-12-30)17-32(21)25(33)14-23(18)20-13-24(27)26-28-19(2)15-31(26)16-20/h6-8,13-18H,4-5,9-12H2,1-3H3. The van der Waals surface area contributed by atoms with Gasteiger partial charge >= 0.3 is 0 Å². The minimum atomic E-state index is -0.381. The second-order valence-corrected chi connectivity index (χ2v) is 9.29. The zero-order chi connectivity index (χ0) is 23.1. The van der Waals surface area contributed by atoms with Gasteiger partial charge in [-0.1, -0.05) is 13.0 Å². The van der Waals surface area contributed by atoms with Crippen molar-refractivity contribution in [2.45, 2.75) is 26.7 Å². The number of amides is 1.